The molecule has 0 N–H and O–H groups in total. The summed E-state index contributed by atoms with van der Waals surface area (Å²) in [4.78, 5) is 21.9. The van der Waals surface area contributed by atoms with Gasteiger partial charge in [-0.25, -0.2) is 4.79 Å². The molecule has 2 heteroatoms. The first-order valence-electron chi connectivity index (χ1n) is 4.18. The maximum Gasteiger partial charge on any atom is 0.159 e. The number of carbonyl (C=O) groups is 1. The van der Waals surface area contributed by atoms with Crippen molar-refractivity contribution in [1.29, 1.82) is 0 Å². The zero-order chi connectivity index (χ0) is 10.0. The standard InChI is InChI=1S/C11H12O2/c1-7(2)10-5-11(13)8(3)4-9(10)6-12/h4,10H,1,5H2,2-3H3. The monoisotopic (exact) mass is 176 g/mol. The lowest BCUT2D eigenvalue weighted by atomic mass is 9.82. The van der Waals surface area contributed by atoms with E-state index in [1.54, 1.807) is 13.0 Å². The highest BCUT2D eigenvalue weighted by Crippen LogP contribution is 2.28. The molecule has 0 radical (unpaired) electrons. The highest BCUT2D eigenvalue weighted by Gasteiger charge is 2.24. The van der Waals surface area contributed by atoms with E-state index in [9.17, 15) is 9.59 Å². The molecule has 0 fully saturated rings. The topological polar surface area (TPSA) is 34.1 Å². The molecule has 13 heavy (non-hydrogen) atoms. The van der Waals surface area contributed by atoms with Crippen molar-refractivity contribution in [1.82, 2.24) is 0 Å². The van der Waals surface area contributed by atoms with Gasteiger partial charge in [-0.05, 0) is 25.5 Å². The van der Waals surface area contributed by atoms with Crippen LogP contribution in [0, 0.1) is 5.92 Å². The van der Waals surface area contributed by atoms with Gasteiger partial charge in [-0.3, -0.25) is 4.79 Å². The van der Waals surface area contributed by atoms with Gasteiger partial charge in [0.2, 0.25) is 0 Å². The predicted octanol–water partition coefficient (Wildman–Crippen LogP) is 1.86. The molecule has 1 rings (SSSR count). The summed E-state index contributed by atoms with van der Waals surface area (Å²) < 4.78 is 0. The summed E-state index contributed by atoms with van der Waals surface area (Å²) in [7, 11) is 0. The van der Waals surface area contributed by atoms with Gasteiger partial charge < -0.3 is 0 Å². The van der Waals surface area contributed by atoms with E-state index >= 15 is 0 Å². The molecule has 0 bridgehead atoms. The van der Waals surface area contributed by atoms with Gasteiger partial charge in [-0.15, -0.1) is 0 Å². The minimum absolute atomic E-state index is 0.0898. The molecule has 0 saturated carbocycles. The van der Waals surface area contributed by atoms with Gasteiger partial charge in [-0.1, -0.05) is 12.2 Å². The molecular formula is C11H12O2. The lowest BCUT2D eigenvalue weighted by molar-refractivity contribution is -0.116. The first-order valence-corrected chi connectivity index (χ1v) is 4.18. The van der Waals surface area contributed by atoms with Crippen LogP contribution in [0.4, 0.5) is 0 Å². The van der Waals surface area contributed by atoms with Crippen LogP contribution in [0.1, 0.15) is 20.3 Å². The largest absolute Gasteiger partial charge is 0.295 e. The Morgan fingerprint density at radius 3 is 2.77 bits per heavy atom. The molecule has 0 aromatic carbocycles. The van der Waals surface area contributed by atoms with Crippen molar-refractivity contribution in [2.75, 3.05) is 0 Å². The lowest BCUT2D eigenvalue weighted by Crippen LogP contribution is -2.17. The number of rotatable bonds is 1. The van der Waals surface area contributed by atoms with Crippen LogP contribution in [-0.2, 0) is 9.59 Å². The first kappa shape index (κ1) is 9.69. The van der Waals surface area contributed by atoms with E-state index < -0.39 is 0 Å². The molecule has 0 heterocycles. The van der Waals surface area contributed by atoms with Gasteiger partial charge >= 0.3 is 0 Å². The van der Waals surface area contributed by atoms with E-state index in [1.807, 2.05) is 12.9 Å². The third-order valence-corrected chi connectivity index (χ3v) is 2.29. The Labute approximate surface area is 77.6 Å². The van der Waals surface area contributed by atoms with E-state index in [0.717, 1.165) is 5.57 Å². The Kier molecular flexibility index (Phi) is 2.64. The minimum Gasteiger partial charge on any atom is -0.295 e. The van der Waals surface area contributed by atoms with Crippen molar-refractivity contribution in [3.8, 4) is 0 Å². The Balaban J connectivity index is 3.12. The second kappa shape index (κ2) is 3.55. The molecule has 2 nitrogen and oxygen atoms in total. The van der Waals surface area contributed by atoms with Crippen LogP contribution in [0.15, 0.2) is 29.4 Å². The van der Waals surface area contributed by atoms with E-state index in [-0.39, 0.29) is 11.7 Å². The van der Waals surface area contributed by atoms with Crippen LogP contribution in [-0.4, -0.2) is 11.7 Å². The minimum atomic E-state index is -0.131. The zero-order valence-electron chi connectivity index (χ0n) is 7.89. The number of ketones is 1. The molecular weight excluding hydrogens is 164 g/mol. The van der Waals surface area contributed by atoms with Crippen molar-refractivity contribution < 1.29 is 9.59 Å². The Bertz CT molecular complexity index is 341. The van der Waals surface area contributed by atoms with Crippen molar-refractivity contribution in [2.45, 2.75) is 20.3 Å². The highest BCUT2D eigenvalue weighted by atomic mass is 16.1. The molecule has 1 unspecified atom stereocenters. The van der Waals surface area contributed by atoms with Gasteiger partial charge in [0.25, 0.3) is 0 Å². The summed E-state index contributed by atoms with van der Waals surface area (Å²) in [6, 6.07) is 0. The molecule has 0 aromatic heterocycles. The Morgan fingerprint density at radius 2 is 2.31 bits per heavy atom. The molecule has 0 aromatic rings. The van der Waals surface area contributed by atoms with Crippen molar-refractivity contribution >= 4 is 11.7 Å². The molecule has 0 aliphatic heterocycles. The normalized spacial score (nSPS) is 22.3. The number of hydrogen-bond donors (Lipinski definition) is 0. The number of allylic oxidation sites excluding steroid dienone is 4. The van der Waals surface area contributed by atoms with Gasteiger partial charge in [0.1, 0.15) is 5.94 Å². The fraction of sp³-hybridized carbons (Fsp3) is 0.364. The molecule has 0 amide bonds. The average molecular weight is 176 g/mol. The zero-order valence-corrected chi connectivity index (χ0v) is 7.89. The number of Topliss-reactive ketones (excluding diaryl/α,β-unsaturated/α-hetero) is 1. The molecule has 1 aliphatic rings. The fourth-order valence-electron chi connectivity index (χ4n) is 1.41. The summed E-state index contributed by atoms with van der Waals surface area (Å²) >= 11 is 0. The SMILES string of the molecule is C=C(C)C1CC(=O)C(C)=CC1=C=O. The van der Waals surface area contributed by atoms with Gasteiger partial charge in [-0.2, -0.15) is 0 Å². The maximum atomic E-state index is 11.3. The van der Waals surface area contributed by atoms with E-state index in [1.165, 1.54) is 0 Å². The van der Waals surface area contributed by atoms with Crippen LogP contribution in [0.3, 0.4) is 0 Å². The summed E-state index contributed by atoms with van der Waals surface area (Å²) in [5, 5.41) is 0. The van der Waals surface area contributed by atoms with Crippen molar-refractivity contribution in [2.24, 2.45) is 5.92 Å². The number of hydrogen-bond acceptors (Lipinski definition) is 2. The van der Waals surface area contributed by atoms with Crippen LogP contribution in [0.25, 0.3) is 0 Å². The smallest absolute Gasteiger partial charge is 0.159 e. The molecule has 0 spiro atoms. The van der Waals surface area contributed by atoms with E-state index in [2.05, 4.69) is 6.58 Å². The number of carbonyl (C=O) groups excluding carboxylic acids is 2. The lowest BCUT2D eigenvalue weighted by Gasteiger charge is -2.20. The highest BCUT2D eigenvalue weighted by molar-refractivity contribution is 5.98. The summed E-state index contributed by atoms with van der Waals surface area (Å²) in [5.74, 6) is 1.82. The second-order valence-electron chi connectivity index (χ2n) is 3.41. The van der Waals surface area contributed by atoms with E-state index in [4.69, 9.17) is 0 Å². The third-order valence-electron chi connectivity index (χ3n) is 2.29. The van der Waals surface area contributed by atoms with Crippen LogP contribution < -0.4 is 0 Å². The fourth-order valence-corrected chi connectivity index (χ4v) is 1.41. The van der Waals surface area contributed by atoms with Gasteiger partial charge in [0, 0.05) is 17.9 Å². The van der Waals surface area contributed by atoms with Crippen LogP contribution >= 0.6 is 0 Å². The summed E-state index contributed by atoms with van der Waals surface area (Å²) in [5.41, 5.74) is 2.02. The van der Waals surface area contributed by atoms with Gasteiger partial charge in [0.15, 0.2) is 5.78 Å². The average Bonchev–Trinajstić information content (AvgIpc) is 2.08. The summed E-state index contributed by atoms with van der Waals surface area (Å²) in [6.07, 6.45) is 1.97. The second-order valence-corrected chi connectivity index (χ2v) is 3.41. The first-order chi connectivity index (χ1) is 6.06. The quantitative estimate of drug-likeness (QED) is 0.451. The molecule has 1 aliphatic carbocycles. The molecule has 1 atom stereocenters. The van der Waals surface area contributed by atoms with Gasteiger partial charge in [0.05, 0.1) is 0 Å². The van der Waals surface area contributed by atoms with Crippen LogP contribution in [0.2, 0.25) is 0 Å². The van der Waals surface area contributed by atoms with Crippen molar-refractivity contribution in [3.05, 3.63) is 29.4 Å². The summed E-state index contributed by atoms with van der Waals surface area (Å²) in [6.45, 7) is 7.30. The van der Waals surface area contributed by atoms with E-state index in [0.29, 0.717) is 17.6 Å². The molecule has 0 saturated heterocycles. The maximum absolute atomic E-state index is 11.3. The molecule has 68 valence electrons. The van der Waals surface area contributed by atoms with Crippen molar-refractivity contribution in [3.63, 3.8) is 0 Å². The van der Waals surface area contributed by atoms with Crippen LogP contribution in [0.5, 0.6) is 0 Å². The predicted molar refractivity (Wildman–Crippen MR) is 50.9 cm³/mol. The Morgan fingerprint density at radius 1 is 1.69 bits per heavy atom. The Hall–Kier alpha value is -1.40. The third kappa shape index (κ3) is 1.85.